The van der Waals surface area contributed by atoms with Crippen molar-refractivity contribution in [2.75, 3.05) is 5.43 Å². The van der Waals surface area contributed by atoms with Crippen molar-refractivity contribution in [3.63, 3.8) is 0 Å². The van der Waals surface area contributed by atoms with E-state index in [1.54, 1.807) is 6.07 Å². The van der Waals surface area contributed by atoms with Crippen LogP contribution in [-0.2, 0) is 12.8 Å². The highest BCUT2D eigenvalue weighted by atomic mass is 35.5. The molecule has 2 aromatic rings. The van der Waals surface area contributed by atoms with E-state index in [2.05, 4.69) is 27.9 Å². The third-order valence-corrected chi connectivity index (χ3v) is 3.78. The molecule has 0 fully saturated rings. The summed E-state index contributed by atoms with van der Waals surface area (Å²) in [6, 6.07) is 11.4. The fourth-order valence-corrected chi connectivity index (χ4v) is 2.84. The van der Waals surface area contributed by atoms with Crippen LogP contribution in [0, 0.1) is 0 Å². The minimum atomic E-state index is -0.173. The van der Waals surface area contributed by atoms with Crippen LogP contribution in [0.25, 0.3) is 0 Å². The summed E-state index contributed by atoms with van der Waals surface area (Å²) in [5.74, 6) is 5.50. The summed E-state index contributed by atoms with van der Waals surface area (Å²) in [6.07, 6.45) is 1.70. The van der Waals surface area contributed by atoms with E-state index < -0.39 is 0 Å². The number of hydrogen-bond donors (Lipinski definition) is 3. The number of nitrogens with zero attached hydrogens (tertiary/aromatic N) is 1. The molecule has 108 valence electrons. The molecule has 0 bridgehead atoms. The predicted molar refractivity (Wildman–Crippen MR) is 82.2 cm³/mol. The SMILES string of the molecule is NNc1cc(C(=O)NC2Cc3ccccc3C2)cc(Cl)n1. The number of halogens is 1. The van der Waals surface area contributed by atoms with Crippen molar-refractivity contribution < 1.29 is 4.79 Å². The molecule has 1 aliphatic rings. The molecule has 1 aromatic heterocycles. The van der Waals surface area contributed by atoms with Crippen LogP contribution in [0.1, 0.15) is 21.5 Å². The minimum absolute atomic E-state index is 0.108. The summed E-state index contributed by atoms with van der Waals surface area (Å²) in [5.41, 5.74) is 5.42. The zero-order chi connectivity index (χ0) is 14.8. The van der Waals surface area contributed by atoms with Gasteiger partial charge in [-0.2, -0.15) is 0 Å². The summed E-state index contributed by atoms with van der Waals surface area (Å²) in [7, 11) is 0. The van der Waals surface area contributed by atoms with Gasteiger partial charge >= 0.3 is 0 Å². The molecular formula is C15H15ClN4O. The van der Waals surface area contributed by atoms with Crippen molar-refractivity contribution >= 4 is 23.3 Å². The second kappa shape index (κ2) is 5.71. The molecule has 3 rings (SSSR count). The number of aromatic nitrogens is 1. The number of nitrogen functional groups attached to an aromatic ring is 1. The quantitative estimate of drug-likeness (QED) is 0.460. The van der Waals surface area contributed by atoms with Crippen LogP contribution >= 0.6 is 11.6 Å². The Morgan fingerprint density at radius 3 is 2.52 bits per heavy atom. The topological polar surface area (TPSA) is 80.0 Å². The van der Waals surface area contributed by atoms with Crippen molar-refractivity contribution in [1.29, 1.82) is 0 Å². The van der Waals surface area contributed by atoms with Crippen LogP contribution in [0.5, 0.6) is 0 Å². The molecule has 5 nitrogen and oxygen atoms in total. The first-order valence-corrected chi connectivity index (χ1v) is 7.05. The lowest BCUT2D eigenvalue weighted by Crippen LogP contribution is -2.35. The Kier molecular flexibility index (Phi) is 3.77. The number of carbonyl (C=O) groups is 1. The average Bonchev–Trinajstić information content (AvgIpc) is 2.88. The van der Waals surface area contributed by atoms with Gasteiger partial charge in [0, 0.05) is 11.6 Å². The largest absolute Gasteiger partial charge is 0.349 e. The van der Waals surface area contributed by atoms with Crippen LogP contribution in [0.15, 0.2) is 36.4 Å². The Labute approximate surface area is 127 Å². The molecular weight excluding hydrogens is 288 g/mol. The van der Waals surface area contributed by atoms with Gasteiger partial charge in [-0.15, -0.1) is 0 Å². The zero-order valence-corrected chi connectivity index (χ0v) is 12.0. The van der Waals surface area contributed by atoms with Crippen molar-refractivity contribution in [1.82, 2.24) is 10.3 Å². The number of benzene rings is 1. The first-order chi connectivity index (χ1) is 10.2. The molecule has 0 saturated carbocycles. The molecule has 1 aliphatic carbocycles. The average molecular weight is 303 g/mol. The van der Waals surface area contributed by atoms with Gasteiger partial charge in [0.05, 0.1) is 0 Å². The van der Waals surface area contributed by atoms with E-state index in [4.69, 9.17) is 17.4 Å². The Balaban J connectivity index is 1.72. The molecule has 1 amide bonds. The second-order valence-corrected chi connectivity index (χ2v) is 5.44. The van der Waals surface area contributed by atoms with Crippen molar-refractivity contribution in [3.05, 3.63) is 58.2 Å². The molecule has 0 aliphatic heterocycles. The van der Waals surface area contributed by atoms with Gasteiger partial charge < -0.3 is 10.7 Å². The van der Waals surface area contributed by atoms with Gasteiger partial charge in [0.15, 0.2) is 0 Å². The van der Waals surface area contributed by atoms with Gasteiger partial charge in [-0.3, -0.25) is 4.79 Å². The number of anilines is 1. The molecule has 0 radical (unpaired) electrons. The maximum atomic E-state index is 12.3. The summed E-state index contributed by atoms with van der Waals surface area (Å²) >= 11 is 5.88. The lowest BCUT2D eigenvalue weighted by atomic mass is 10.1. The highest BCUT2D eigenvalue weighted by molar-refractivity contribution is 6.29. The number of fused-ring (bicyclic) bond motifs is 1. The van der Waals surface area contributed by atoms with E-state index in [9.17, 15) is 4.79 Å². The Bertz CT molecular complexity index is 664. The fourth-order valence-electron chi connectivity index (χ4n) is 2.63. The number of hydrogen-bond acceptors (Lipinski definition) is 4. The van der Waals surface area contributed by atoms with E-state index in [0.29, 0.717) is 11.4 Å². The highest BCUT2D eigenvalue weighted by Crippen LogP contribution is 2.22. The van der Waals surface area contributed by atoms with Gasteiger partial charge in [0.2, 0.25) is 0 Å². The predicted octanol–water partition coefficient (Wildman–Crippen LogP) is 1.92. The first kappa shape index (κ1) is 13.9. The number of pyridine rings is 1. The van der Waals surface area contributed by atoms with E-state index in [1.807, 2.05) is 12.1 Å². The monoisotopic (exact) mass is 302 g/mol. The van der Waals surface area contributed by atoms with Gasteiger partial charge in [0.1, 0.15) is 11.0 Å². The third kappa shape index (κ3) is 2.99. The smallest absolute Gasteiger partial charge is 0.251 e. The fraction of sp³-hybridized carbons (Fsp3) is 0.200. The normalized spacial score (nSPS) is 13.8. The Morgan fingerprint density at radius 1 is 1.24 bits per heavy atom. The Morgan fingerprint density at radius 2 is 1.90 bits per heavy atom. The highest BCUT2D eigenvalue weighted by Gasteiger charge is 2.23. The number of hydrazine groups is 1. The molecule has 4 N–H and O–H groups in total. The molecule has 21 heavy (non-hydrogen) atoms. The minimum Gasteiger partial charge on any atom is -0.349 e. The van der Waals surface area contributed by atoms with Gasteiger partial charge in [0.25, 0.3) is 5.91 Å². The van der Waals surface area contributed by atoms with Crippen LogP contribution in [0.4, 0.5) is 5.82 Å². The maximum absolute atomic E-state index is 12.3. The standard InChI is InChI=1S/C15H15ClN4O/c16-13-7-11(8-14(19-13)20-17)15(21)18-12-5-9-3-1-2-4-10(9)6-12/h1-4,7-8,12H,5-6,17H2,(H,18,21)(H,19,20). The zero-order valence-electron chi connectivity index (χ0n) is 11.3. The lowest BCUT2D eigenvalue weighted by molar-refractivity contribution is 0.0938. The van der Waals surface area contributed by atoms with Crippen LogP contribution < -0.4 is 16.6 Å². The first-order valence-electron chi connectivity index (χ1n) is 6.67. The molecule has 1 heterocycles. The van der Waals surface area contributed by atoms with Crippen LogP contribution in [-0.4, -0.2) is 16.9 Å². The number of nitrogens with two attached hydrogens (primary N) is 1. The van der Waals surface area contributed by atoms with E-state index in [1.165, 1.54) is 17.2 Å². The summed E-state index contributed by atoms with van der Waals surface area (Å²) in [6.45, 7) is 0. The number of nitrogens with one attached hydrogen (secondary N) is 2. The third-order valence-electron chi connectivity index (χ3n) is 3.59. The molecule has 1 aromatic carbocycles. The molecule has 0 spiro atoms. The lowest BCUT2D eigenvalue weighted by Gasteiger charge is -2.12. The number of rotatable bonds is 3. The summed E-state index contributed by atoms with van der Waals surface area (Å²) in [4.78, 5) is 16.3. The molecule has 0 saturated heterocycles. The van der Waals surface area contributed by atoms with Crippen LogP contribution in [0.2, 0.25) is 5.15 Å². The summed E-state index contributed by atoms with van der Waals surface area (Å²) < 4.78 is 0. The second-order valence-electron chi connectivity index (χ2n) is 5.06. The van der Waals surface area contributed by atoms with E-state index in [0.717, 1.165) is 12.8 Å². The van der Waals surface area contributed by atoms with Crippen molar-refractivity contribution in [2.45, 2.75) is 18.9 Å². The maximum Gasteiger partial charge on any atom is 0.251 e. The number of carbonyl (C=O) groups excluding carboxylic acids is 1. The molecule has 0 unspecified atom stereocenters. The summed E-state index contributed by atoms with van der Waals surface area (Å²) in [5, 5.41) is 3.25. The van der Waals surface area contributed by atoms with Gasteiger partial charge in [-0.25, -0.2) is 10.8 Å². The van der Waals surface area contributed by atoms with Gasteiger partial charge in [-0.05, 0) is 36.1 Å². The van der Waals surface area contributed by atoms with E-state index in [-0.39, 0.29) is 17.1 Å². The number of amides is 1. The van der Waals surface area contributed by atoms with Crippen LogP contribution in [0.3, 0.4) is 0 Å². The molecule has 6 heteroatoms. The van der Waals surface area contributed by atoms with Crippen molar-refractivity contribution in [3.8, 4) is 0 Å². The van der Waals surface area contributed by atoms with E-state index >= 15 is 0 Å². The van der Waals surface area contributed by atoms with Gasteiger partial charge in [-0.1, -0.05) is 35.9 Å². The van der Waals surface area contributed by atoms with Crippen molar-refractivity contribution in [2.24, 2.45) is 5.84 Å². The Hall–Kier alpha value is -2.11. The molecule has 0 atom stereocenters.